The summed E-state index contributed by atoms with van der Waals surface area (Å²) in [7, 11) is 1.58. The molecule has 0 spiro atoms. The molecule has 1 aromatic rings. The number of rotatable bonds is 5. The number of nitrogens with zero attached hydrogens (tertiary/aromatic N) is 4. The van der Waals surface area contributed by atoms with E-state index in [1.165, 1.54) is 4.90 Å². The van der Waals surface area contributed by atoms with Crippen molar-refractivity contribution in [1.82, 2.24) is 9.97 Å². The van der Waals surface area contributed by atoms with Crippen molar-refractivity contribution in [3.8, 4) is 6.07 Å². The van der Waals surface area contributed by atoms with Crippen LogP contribution in [0.2, 0.25) is 0 Å². The van der Waals surface area contributed by atoms with Crippen LogP contribution in [0.3, 0.4) is 0 Å². The summed E-state index contributed by atoms with van der Waals surface area (Å²) in [6.07, 6.45) is -4.32. The Morgan fingerprint density at radius 1 is 1.42 bits per heavy atom. The van der Waals surface area contributed by atoms with Gasteiger partial charge in [-0.05, 0) is 6.92 Å². The fourth-order valence-electron chi connectivity index (χ4n) is 1.34. The van der Waals surface area contributed by atoms with E-state index in [-0.39, 0.29) is 18.2 Å². The van der Waals surface area contributed by atoms with Crippen molar-refractivity contribution in [2.75, 3.05) is 30.4 Å². The van der Waals surface area contributed by atoms with Gasteiger partial charge in [0.05, 0.1) is 12.5 Å². The highest BCUT2D eigenvalue weighted by Gasteiger charge is 2.34. The van der Waals surface area contributed by atoms with Gasteiger partial charge in [-0.25, -0.2) is 4.98 Å². The first-order valence-corrected chi connectivity index (χ1v) is 5.66. The van der Waals surface area contributed by atoms with Gasteiger partial charge < -0.3 is 10.2 Å². The molecule has 0 aliphatic heterocycles. The summed E-state index contributed by atoms with van der Waals surface area (Å²) >= 11 is 0. The number of hydrogen-bond donors (Lipinski definition) is 1. The van der Waals surface area contributed by atoms with Gasteiger partial charge in [-0.1, -0.05) is 0 Å². The van der Waals surface area contributed by atoms with Gasteiger partial charge in [0, 0.05) is 26.2 Å². The molecule has 0 bridgehead atoms. The van der Waals surface area contributed by atoms with Crippen molar-refractivity contribution in [1.29, 1.82) is 5.26 Å². The summed E-state index contributed by atoms with van der Waals surface area (Å²) in [6, 6.07) is 2.80. The van der Waals surface area contributed by atoms with E-state index in [2.05, 4.69) is 15.3 Å². The van der Waals surface area contributed by atoms with Gasteiger partial charge in [0.25, 0.3) is 0 Å². The van der Waals surface area contributed by atoms with Crippen molar-refractivity contribution >= 4 is 11.8 Å². The Bertz CT molecular complexity index is 466. The minimum atomic E-state index is -4.53. The first kappa shape index (κ1) is 15.0. The van der Waals surface area contributed by atoms with E-state index in [4.69, 9.17) is 5.26 Å². The van der Waals surface area contributed by atoms with Crippen LogP contribution in [0.15, 0.2) is 6.07 Å². The molecule has 0 unspecified atom stereocenters. The number of anilines is 2. The van der Waals surface area contributed by atoms with Crippen LogP contribution in [0.5, 0.6) is 0 Å². The molecule has 104 valence electrons. The summed E-state index contributed by atoms with van der Waals surface area (Å²) in [5.74, 6) is 0.0599. The number of halogens is 3. The molecule has 0 saturated heterocycles. The van der Waals surface area contributed by atoms with Crippen LogP contribution >= 0.6 is 0 Å². The molecule has 0 aliphatic rings. The second-order valence-corrected chi connectivity index (χ2v) is 3.79. The van der Waals surface area contributed by atoms with Gasteiger partial charge in [0.1, 0.15) is 5.82 Å². The molecule has 0 radical (unpaired) electrons. The molecule has 0 saturated carbocycles. The molecule has 1 aromatic heterocycles. The van der Waals surface area contributed by atoms with Crippen LogP contribution in [0.25, 0.3) is 0 Å². The lowest BCUT2D eigenvalue weighted by molar-refractivity contribution is -0.141. The van der Waals surface area contributed by atoms with E-state index >= 15 is 0 Å². The lowest BCUT2D eigenvalue weighted by atomic mass is 10.3. The van der Waals surface area contributed by atoms with E-state index in [0.717, 1.165) is 6.07 Å². The Morgan fingerprint density at radius 2 is 2.11 bits per heavy atom. The normalized spacial score (nSPS) is 10.9. The lowest BCUT2D eigenvalue weighted by Gasteiger charge is -2.18. The number of nitriles is 1. The quantitative estimate of drug-likeness (QED) is 0.891. The Hall–Kier alpha value is -2.04. The number of nitrogens with one attached hydrogen (secondary N) is 1. The largest absolute Gasteiger partial charge is 0.433 e. The van der Waals surface area contributed by atoms with Crippen LogP contribution in [-0.4, -0.2) is 30.1 Å². The zero-order valence-electron chi connectivity index (χ0n) is 10.6. The fourth-order valence-corrected chi connectivity index (χ4v) is 1.34. The number of hydrogen-bond acceptors (Lipinski definition) is 5. The van der Waals surface area contributed by atoms with Gasteiger partial charge in [-0.2, -0.15) is 23.4 Å². The molecular formula is C11H14F3N5. The zero-order valence-corrected chi connectivity index (χ0v) is 10.6. The van der Waals surface area contributed by atoms with E-state index in [0.29, 0.717) is 13.1 Å². The van der Waals surface area contributed by atoms with E-state index < -0.39 is 11.9 Å². The second kappa shape index (κ2) is 6.22. The number of alkyl halides is 3. The van der Waals surface area contributed by atoms with Crippen molar-refractivity contribution in [2.45, 2.75) is 19.5 Å². The average Bonchev–Trinajstić information content (AvgIpc) is 2.35. The maximum absolute atomic E-state index is 12.7. The first-order chi connectivity index (χ1) is 8.88. The van der Waals surface area contributed by atoms with E-state index in [1.54, 1.807) is 14.0 Å². The summed E-state index contributed by atoms with van der Waals surface area (Å²) < 4.78 is 38.1. The maximum Gasteiger partial charge on any atom is 0.433 e. The van der Waals surface area contributed by atoms with Crippen LogP contribution in [-0.2, 0) is 6.18 Å². The molecule has 0 fully saturated rings. The smallest absolute Gasteiger partial charge is 0.358 e. The summed E-state index contributed by atoms with van der Waals surface area (Å²) in [5.41, 5.74) is -1.00. The van der Waals surface area contributed by atoms with Crippen molar-refractivity contribution in [3.05, 3.63) is 11.8 Å². The second-order valence-electron chi connectivity index (χ2n) is 3.79. The van der Waals surface area contributed by atoms with Gasteiger partial charge in [-0.15, -0.1) is 0 Å². The molecule has 8 heteroatoms. The van der Waals surface area contributed by atoms with E-state index in [9.17, 15) is 13.2 Å². The van der Waals surface area contributed by atoms with Crippen molar-refractivity contribution in [3.63, 3.8) is 0 Å². The van der Waals surface area contributed by atoms with Crippen LogP contribution in [0.4, 0.5) is 24.9 Å². The third-order valence-electron chi connectivity index (χ3n) is 2.29. The summed E-state index contributed by atoms with van der Waals surface area (Å²) in [6.45, 7) is 2.46. The molecule has 0 amide bonds. The van der Waals surface area contributed by atoms with Gasteiger partial charge in [0.2, 0.25) is 5.95 Å². The Kier molecular flexibility index (Phi) is 4.92. The van der Waals surface area contributed by atoms with Crippen LogP contribution in [0.1, 0.15) is 19.0 Å². The standard InChI is InChI=1S/C11H14F3N5/c1-3-16-10-17-8(11(12,13)14)7-9(18-10)19(2)6-4-5-15/h7H,3-4,6H2,1-2H3,(H,16,17,18). The minimum Gasteiger partial charge on any atom is -0.358 e. The molecule has 1 N–H and O–H groups in total. The Labute approximate surface area is 109 Å². The monoisotopic (exact) mass is 273 g/mol. The predicted molar refractivity (Wildman–Crippen MR) is 64.7 cm³/mol. The third kappa shape index (κ3) is 4.28. The SMILES string of the molecule is CCNc1nc(N(C)CCC#N)cc(C(F)(F)F)n1. The minimum absolute atomic E-state index is 0.0730. The molecule has 5 nitrogen and oxygen atoms in total. The molecule has 0 atom stereocenters. The van der Waals surface area contributed by atoms with Crippen LogP contribution < -0.4 is 10.2 Å². The highest BCUT2D eigenvalue weighted by Crippen LogP contribution is 2.30. The van der Waals surface area contributed by atoms with Crippen molar-refractivity contribution in [2.24, 2.45) is 0 Å². The molecule has 1 rings (SSSR count). The molecule has 0 aromatic carbocycles. The first-order valence-electron chi connectivity index (χ1n) is 5.66. The van der Waals surface area contributed by atoms with Gasteiger partial charge in [-0.3, -0.25) is 0 Å². The Morgan fingerprint density at radius 3 is 2.63 bits per heavy atom. The zero-order chi connectivity index (χ0) is 14.5. The van der Waals surface area contributed by atoms with Crippen LogP contribution in [0, 0.1) is 11.3 Å². The van der Waals surface area contributed by atoms with Gasteiger partial charge >= 0.3 is 6.18 Å². The predicted octanol–water partition coefficient (Wildman–Crippen LogP) is 2.28. The Balaban J connectivity index is 3.09. The topological polar surface area (TPSA) is 64.8 Å². The lowest BCUT2D eigenvalue weighted by Crippen LogP contribution is -2.22. The molecular weight excluding hydrogens is 259 g/mol. The molecule has 19 heavy (non-hydrogen) atoms. The third-order valence-corrected chi connectivity index (χ3v) is 2.29. The van der Waals surface area contributed by atoms with Gasteiger partial charge in [0.15, 0.2) is 5.69 Å². The number of aromatic nitrogens is 2. The summed E-state index contributed by atoms with van der Waals surface area (Å²) in [4.78, 5) is 8.89. The van der Waals surface area contributed by atoms with E-state index in [1.807, 2.05) is 6.07 Å². The average molecular weight is 273 g/mol. The fraction of sp³-hybridized carbons (Fsp3) is 0.545. The summed E-state index contributed by atoms with van der Waals surface area (Å²) in [5, 5.41) is 11.1. The molecule has 0 aliphatic carbocycles. The molecule has 1 heterocycles. The van der Waals surface area contributed by atoms with Crippen molar-refractivity contribution < 1.29 is 13.2 Å². The maximum atomic E-state index is 12.7. The highest BCUT2D eigenvalue weighted by molar-refractivity contribution is 5.45. The highest BCUT2D eigenvalue weighted by atomic mass is 19.4.